The van der Waals surface area contributed by atoms with Gasteiger partial charge in [-0.25, -0.2) is 0 Å². The average molecular weight is 426 g/mol. The maximum absolute atomic E-state index is 2.45. The van der Waals surface area contributed by atoms with E-state index in [1.165, 1.54) is 60.0 Å². The second-order valence-electron chi connectivity index (χ2n) is 8.59. The van der Waals surface area contributed by atoms with Gasteiger partial charge in [0.2, 0.25) is 9.68 Å². The van der Waals surface area contributed by atoms with Crippen LogP contribution in [0.1, 0.15) is 11.1 Å². The van der Waals surface area contributed by atoms with Crippen LogP contribution >= 0.6 is 0 Å². The van der Waals surface area contributed by atoms with Crippen LogP contribution in [0.2, 0.25) is 0 Å². The molecule has 0 heterocycles. The first-order valence-corrected chi connectivity index (χ1v) is 12.0. The highest BCUT2D eigenvalue weighted by Gasteiger charge is 2.16. The summed E-state index contributed by atoms with van der Waals surface area (Å²) in [5.74, 6) is 0. The van der Waals surface area contributed by atoms with E-state index in [9.17, 15) is 0 Å². The number of rotatable bonds is 4. The Hall–Kier alpha value is -3.62. The molecular formula is C30H23NSi. The third kappa shape index (κ3) is 3.15. The molecule has 0 aromatic heterocycles. The van der Waals surface area contributed by atoms with Crippen molar-refractivity contribution in [2.24, 2.45) is 0 Å². The van der Waals surface area contributed by atoms with Gasteiger partial charge in [-0.2, -0.15) is 0 Å². The van der Waals surface area contributed by atoms with E-state index in [4.69, 9.17) is 0 Å². The Labute approximate surface area is 191 Å². The van der Waals surface area contributed by atoms with E-state index >= 15 is 0 Å². The third-order valence-corrected chi connectivity index (χ3v) is 7.76. The molecule has 0 aliphatic heterocycles. The topological polar surface area (TPSA) is 3.24 Å². The van der Waals surface area contributed by atoms with E-state index < -0.39 is 0 Å². The first-order valence-electron chi connectivity index (χ1n) is 11.0. The minimum atomic E-state index is 0.495. The smallest absolute Gasteiger partial charge is 0.227 e. The molecular weight excluding hydrogens is 402 g/mol. The number of benzene rings is 6. The zero-order chi connectivity index (χ0) is 21.7. The van der Waals surface area contributed by atoms with Gasteiger partial charge in [0.05, 0.1) is 0 Å². The van der Waals surface area contributed by atoms with Crippen molar-refractivity contribution in [3.8, 4) is 0 Å². The summed E-state index contributed by atoms with van der Waals surface area (Å²) in [5.41, 5.74) is 5.01. The molecule has 0 spiro atoms. The fraction of sp³-hybridized carbons (Fsp3) is 0.0667. The molecule has 0 aliphatic rings. The van der Waals surface area contributed by atoms with Gasteiger partial charge in [0, 0.05) is 11.4 Å². The molecule has 2 radical (unpaired) electrons. The van der Waals surface area contributed by atoms with Crippen molar-refractivity contribution in [1.82, 2.24) is 0 Å². The molecule has 32 heavy (non-hydrogen) atoms. The second kappa shape index (κ2) is 7.51. The molecule has 0 amide bonds. The molecule has 0 unspecified atom stereocenters. The van der Waals surface area contributed by atoms with Crippen LogP contribution in [0.5, 0.6) is 0 Å². The van der Waals surface area contributed by atoms with Crippen LogP contribution in [0.3, 0.4) is 0 Å². The lowest BCUT2D eigenvalue weighted by Gasteiger charge is -2.26. The first-order chi connectivity index (χ1) is 15.7. The normalized spacial score (nSPS) is 11.6. The van der Waals surface area contributed by atoms with Crippen LogP contribution in [0.15, 0.2) is 103 Å². The van der Waals surface area contributed by atoms with Crippen LogP contribution in [-0.2, 0) is 0 Å². The van der Waals surface area contributed by atoms with Gasteiger partial charge < -0.3 is 4.57 Å². The zero-order valence-electron chi connectivity index (χ0n) is 18.3. The predicted molar refractivity (Wildman–Crippen MR) is 140 cm³/mol. The molecule has 0 bridgehead atoms. The number of aryl methyl sites for hydroxylation is 2. The lowest BCUT2D eigenvalue weighted by atomic mass is 9.94. The van der Waals surface area contributed by atoms with Crippen molar-refractivity contribution >= 4 is 58.6 Å². The van der Waals surface area contributed by atoms with Gasteiger partial charge in [-0.15, -0.1) is 0 Å². The van der Waals surface area contributed by atoms with E-state index in [1.807, 2.05) is 0 Å². The lowest BCUT2D eigenvalue weighted by Crippen LogP contribution is -2.32. The first kappa shape index (κ1) is 19.1. The highest BCUT2D eigenvalue weighted by Crippen LogP contribution is 2.34. The van der Waals surface area contributed by atoms with Crippen molar-refractivity contribution in [2.45, 2.75) is 13.8 Å². The molecule has 0 saturated heterocycles. The zero-order valence-corrected chi connectivity index (χ0v) is 19.3. The molecule has 0 fully saturated rings. The summed E-state index contributed by atoms with van der Waals surface area (Å²) >= 11 is 0. The highest BCUT2D eigenvalue weighted by molar-refractivity contribution is 6.63. The maximum atomic E-state index is 2.45. The standard InChI is InChI=1S/C30H23NSi/c1-20-6-14-25(15-7-20)31(26-16-8-21(2)9-17-26)32-28-19-13-24-11-10-22-4-3-5-23-12-18-27(28)30(24)29(22)23/h3-19H,1-2H3. The quantitative estimate of drug-likeness (QED) is 0.212. The summed E-state index contributed by atoms with van der Waals surface area (Å²) in [6.45, 7) is 4.28. The molecule has 0 N–H and O–H groups in total. The molecule has 6 rings (SSSR count). The molecule has 0 aliphatic carbocycles. The Morgan fingerprint density at radius 1 is 0.500 bits per heavy atom. The lowest BCUT2D eigenvalue weighted by molar-refractivity contribution is 1.36. The van der Waals surface area contributed by atoms with Crippen LogP contribution in [-0.4, -0.2) is 9.68 Å². The molecule has 6 aromatic rings. The molecule has 6 aromatic carbocycles. The Balaban J connectivity index is 1.54. The fourth-order valence-corrected chi connectivity index (χ4v) is 5.90. The fourth-order valence-electron chi connectivity index (χ4n) is 4.62. The maximum Gasteiger partial charge on any atom is 0.227 e. The molecule has 1 nitrogen and oxygen atoms in total. The van der Waals surface area contributed by atoms with Crippen LogP contribution in [0.4, 0.5) is 11.4 Å². The minimum Gasteiger partial charge on any atom is -0.364 e. The van der Waals surface area contributed by atoms with Crippen LogP contribution < -0.4 is 9.75 Å². The monoisotopic (exact) mass is 425 g/mol. The van der Waals surface area contributed by atoms with Crippen molar-refractivity contribution in [3.05, 3.63) is 114 Å². The number of hydrogen-bond acceptors (Lipinski definition) is 1. The van der Waals surface area contributed by atoms with Crippen molar-refractivity contribution in [3.63, 3.8) is 0 Å². The molecule has 0 saturated carbocycles. The molecule has 152 valence electrons. The predicted octanol–water partition coefficient (Wildman–Crippen LogP) is 7.28. The van der Waals surface area contributed by atoms with E-state index in [1.54, 1.807) is 0 Å². The third-order valence-electron chi connectivity index (χ3n) is 6.35. The molecule has 2 heteroatoms. The van der Waals surface area contributed by atoms with Gasteiger partial charge >= 0.3 is 0 Å². The minimum absolute atomic E-state index is 0.495. The summed E-state index contributed by atoms with van der Waals surface area (Å²) in [5, 5.41) is 9.44. The Morgan fingerprint density at radius 3 is 1.59 bits per heavy atom. The van der Waals surface area contributed by atoms with E-state index in [2.05, 4.69) is 122 Å². The van der Waals surface area contributed by atoms with Gasteiger partial charge in [0.25, 0.3) is 0 Å². The Kier molecular flexibility index (Phi) is 4.48. The second-order valence-corrected chi connectivity index (χ2v) is 9.80. The van der Waals surface area contributed by atoms with Crippen molar-refractivity contribution in [1.29, 1.82) is 0 Å². The SMILES string of the molecule is Cc1ccc(N([Si]c2ccc3ccc4cccc5ccc2c3c45)c2ccc(C)cc2)cc1. The Bertz CT molecular complexity index is 1490. The van der Waals surface area contributed by atoms with E-state index in [-0.39, 0.29) is 0 Å². The summed E-state index contributed by atoms with van der Waals surface area (Å²) in [6.07, 6.45) is 0. The van der Waals surface area contributed by atoms with Gasteiger partial charge in [0.15, 0.2) is 0 Å². The van der Waals surface area contributed by atoms with E-state index in [0.29, 0.717) is 9.68 Å². The summed E-state index contributed by atoms with van der Waals surface area (Å²) in [4.78, 5) is 0. The number of hydrogen-bond donors (Lipinski definition) is 0. The van der Waals surface area contributed by atoms with Gasteiger partial charge in [-0.3, -0.25) is 0 Å². The summed E-state index contributed by atoms with van der Waals surface area (Å²) in [6, 6.07) is 38.0. The van der Waals surface area contributed by atoms with Gasteiger partial charge in [0.1, 0.15) is 0 Å². The van der Waals surface area contributed by atoms with Crippen LogP contribution in [0.25, 0.3) is 32.3 Å². The van der Waals surface area contributed by atoms with E-state index in [0.717, 1.165) is 0 Å². The van der Waals surface area contributed by atoms with Gasteiger partial charge in [-0.1, -0.05) is 90.0 Å². The van der Waals surface area contributed by atoms with Crippen LogP contribution in [0, 0.1) is 13.8 Å². The molecule has 0 atom stereocenters. The van der Waals surface area contributed by atoms with Crippen molar-refractivity contribution < 1.29 is 0 Å². The largest absolute Gasteiger partial charge is 0.364 e. The highest BCUT2D eigenvalue weighted by atomic mass is 28.2. The summed E-state index contributed by atoms with van der Waals surface area (Å²) in [7, 11) is 0.495. The average Bonchev–Trinajstić information content (AvgIpc) is 2.83. The van der Waals surface area contributed by atoms with Crippen molar-refractivity contribution in [2.75, 3.05) is 4.57 Å². The summed E-state index contributed by atoms with van der Waals surface area (Å²) < 4.78 is 2.45. The Morgan fingerprint density at radius 2 is 1.00 bits per heavy atom. The number of anilines is 2. The van der Waals surface area contributed by atoms with Gasteiger partial charge in [-0.05, 0) is 75.6 Å². The number of nitrogens with zero attached hydrogens (tertiary/aromatic N) is 1.